The summed E-state index contributed by atoms with van der Waals surface area (Å²) in [5.74, 6) is 1.39. The first kappa shape index (κ1) is 18.4. The summed E-state index contributed by atoms with van der Waals surface area (Å²) in [4.78, 5) is 20.4. The number of aryl methyl sites for hydroxylation is 1. The average molecular weight is 348 g/mol. The molecule has 3 rings (SSSR count). The Labute approximate surface area is 150 Å². The molecule has 2 aliphatic rings. The molecule has 0 aromatic carbocycles. The van der Waals surface area contributed by atoms with E-state index in [1.54, 1.807) is 6.20 Å². The number of imidazole rings is 1. The van der Waals surface area contributed by atoms with Crippen LogP contribution in [0.3, 0.4) is 0 Å². The molecule has 0 spiro atoms. The molecule has 1 aliphatic heterocycles. The second-order valence-electron chi connectivity index (χ2n) is 7.78. The van der Waals surface area contributed by atoms with Gasteiger partial charge in [0.2, 0.25) is 5.91 Å². The lowest BCUT2D eigenvalue weighted by Crippen LogP contribution is -2.62. The van der Waals surface area contributed by atoms with Gasteiger partial charge in [0.05, 0.1) is 19.3 Å². The van der Waals surface area contributed by atoms with E-state index in [2.05, 4.69) is 29.0 Å². The van der Waals surface area contributed by atoms with E-state index in [-0.39, 0.29) is 23.4 Å². The van der Waals surface area contributed by atoms with Crippen LogP contribution in [0.15, 0.2) is 12.4 Å². The predicted octanol–water partition coefficient (Wildman–Crippen LogP) is 2.27. The Kier molecular flexibility index (Phi) is 5.79. The fourth-order valence-corrected chi connectivity index (χ4v) is 4.30. The van der Waals surface area contributed by atoms with Crippen molar-refractivity contribution in [2.24, 2.45) is 13.0 Å². The standard InChI is InChI=1S/C19H32N4O2/c1-15(2)16(17-20-9-10-22(17)3)21-18(24)19(7-5-4-6-8-19)23-11-13-25-14-12-23/h9-10,15-16H,4-8,11-14H2,1-3H3,(H,21,24)/t16-/m1/s1. The highest BCUT2D eigenvalue weighted by atomic mass is 16.5. The monoisotopic (exact) mass is 348 g/mol. The molecule has 1 saturated carbocycles. The van der Waals surface area contributed by atoms with E-state index >= 15 is 0 Å². The van der Waals surface area contributed by atoms with Crippen LogP contribution >= 0.6 is 0 Å². The van der Waals surface area contributed by atoms with Gasteiger partial charge in [-0.3, -0.25) is 9.69 Å². The zero-order chi connectivity index (χ0) is 17.9. The topological polar surface area (TPSA) is 59.4 Å². The van der Waals surface area contributed by atoms with E-state index in [4.69, 9.17) is 4.74 Å². The lowest BCUT2D eigenvalue weighted by atomic mass is 9.78. The SMILES string of the molecule is CC(C)[C@@H](NC(=O)C1(N2CCOCC2)CCCCC1)c1nccn1C. The molecule has 140 valence electrons. The predicted molar refractivity (Wildman–Crippen MR) is 97.1 cm³/mol. The smallest absolute Gasteiger partial charge is 0.241 e. The van der Waals surface area contributed by atoms with Crippen LogP contribution in [0.25, 0.3) is 0 Å². The lowest BCUT2D eigenvalue weighted by Gasteiger charge is -2.47. The number of carbonyl (C=O) groups excluding carboxylic acids is 1. The zero-order valence-corrected chi connectivity index (χ0v) is 15.8. The Morgan fingerprint density at radius 3 is 2.48 bits per heavy atom. The maximum Gasteiger partial charge on any atom is 0.241 e. The minimum absolute atomic E-state index is 0.0626. The average Bonchev–Trinajstić information content (AvgIpc) is 3.06. The molecule has 2 heterocycles. The molecule has 25 heavy (non-hydrogen) atoms. The number of aromatic nitrogens is 2. The molecule has 0 bridgehead atoms. The van der Waals surface area contributed by atoms with Crippen LogP contribution in [0.5, 0.6) is 0 Å². The van der Waals surface area contributed by atoms with Crippen LogP contribution in [0, 0.1) is 5.92 Å². The fourth-order valence-electron chi connectivity index (χ4n) is 4.30. The largest absolute Gasteiger partial charge is 0.379 e. The number of nitrogens with zero attached hydrogens (tertiary/aromatic N) is 3. The van der Waals surface area contributed by atoms with Crippen LogP contribution in [-0.4, -0.2) is 52.2 Å². The molecule has 1 N–H and O–H groups in total. The number of hydrogen-bond donors (Lipinski definition) is 1. The number of morpholine rings is 1. The second-order valence-corrected chi connectivity index (χ2v) is 7.78. The molecule has 1 aliphatic carbocycles. The minimum Gasteiger partial charge on any atom is -0.379 e. The van der Waals surface area contributed by atoms with Gasteiger partial charge in [0.1, 0.15) is 11.4 Å². The van der Waals surface area contributed by atoms with Gasteiger partial charge in [-0.25, -0.2) is 4.98 Å². The van der Waals surface area contributed by atoms with Crippen molar-refractivity contribution < 1.29 is 9.53 Å². The molecule has 1 amide bonds. The summed E-state index contributed by atoms with van der Waals surface area (Å²) >= 11 is 0. The molecule has 0 unspecified atom stereocenters. The van der Waals surface area contributed by atoms with Crippen molar-refractivity contribution in [1.29, 1.82) is 0 Å². The third-order valence-electron chi connectivity index (χ3n) is 5.81. The van der Waals surface area contributed by atoms with Crippen LogP contribution in [0.2, 0.25) is 0 Å². The number of amides is 1. The first-order valence-electron chi connectivity index (χ1n) is 9.65. The third-order valence-corrected chi connectivity index (χ3v) is 5.81. The Balaban J connectivity index is 1.82. The van der Waals surface area contributed by atoms with Gasteiger partial charge >= 0.3 is 0 Å². The van der Waals surface area contributed by atoms with Gasteiger partial charge < -0.3 is 14.6 Å². The zero-order valence-electron chi connectivity index (χ0n) is 15.8. The Morgan fingerprint density at radius 2 is 1.92 bits per heavy atom. The van der Waals surface area contributed by atoms with E-state index in [0.717, 1.165) is 57.8 Å². The van der Waals surface area contributed by atoms with Crippen LogP contribution in [0.1, 0.15) is 57.8 Å². The second kappa shape index (κ2) is 7.87. The lowest BCUT2D eigenvalue weighted by molar-refractivity contribution is -0.141. The number of hydrogen-bond acceptors (Lipinski definition) is 4. The summed E-state index contributed by atoms with van der Waals surface area (Å²) in [6.45, 7) is 7.43. The molecule has 2 fully saturated rings. The number of rotatable bonds is 5. The summed E-state index contributed by atoms with van der Waals surface area (Å²) in [6, 6.07) is -0.0626. The molecule has 6 nitrogen and oxygen atoms in total. The van der Waals surface area contributed by atoms with Crippen molar-refractivity contribution in [3.8, 4) is 0 Å². The quantitative estimate of drug-likeness (QED) is 0.887. The van der Waals surface area contributed by atoms with Gasteiger partial charge in [0.15, 0.2) is 0 Å². The molecule has 6 heteroatoms. The maximum atomic E-state index is 13.5. The maximum absolute atomic E-state index is 13.5. The number of ether oxygens (including phenoxy) is 1. The third kappa shape index (κ3) is 3.75. The Morgan fingerprint density at radius 1 is 1.24 bits per heavy atom. The molecule has 1 aromatic rings. The Hall–Kier alpha value is -1.40. The van der Waals surface area contributed by atoms with Gasteiger partial charge in [-0.15, -0.1) is 0 Å². The van der Waals surface area contributed by atoms with Crippen LogP contribution in [-0.2, 0) is 16.6 Å². The van der Waals surface area contributed by atoms with Crippen molar-refractivity contribution in [3.63, 3.8) is 0 Å². The van der Waals surface area contributed by atoms with Gasteiger partial charge in [-0.2, -0.15) is 0 Å². The number of carbonyl (C=O) groups is 1. The Bertz CT molecular complexity index is 572. The van der Waals surface area contributed by atoms with Gasteiger partial charge in [-0.1, -0.05) is 33.1 Å². The summed E-state index contributed by atoms with van der Waals surface area (Å²) in [5, 5.41) is 3.36. The van der Waals surface area contributed by atoms with Crippen LogP contribution in [0.4, 0.5) is 0 Å². The van der Waals surface area contributed by atoms with E-state index < -0.39 is 0 Å². The van der Waals surface area contributed by atoms with Gasteiger partial charge in [0.25, 0.3) is 0 Å². The molecule has 1 atom stereocenters. The van der Waals surface area contributed by atoms with Crippen molar-refractivity contribution in [2.75, 3.05) is 26.3 Å². The summed E-state index contributed by atoms with van der Waals surface area (Å²) in [6.07, 6.45) is 9.12. The van der Waals surface area contributed by atoms with Crippen molar-refractivity contribution in [1.82, 2.24) is 19.8 Å². The van der Waals surface area contributed by atoms with E-state index in [9.17, 15) is 4.79 Å². The summed E-state index contributed by atoms with van der Waals surface area (Å²) in [5.41, 5.74) is -0.375. The molecule has 1 saturated heterocycles. The minimum atomic E-state index is -0.375. The number of nitrogens with one attached hydrogen (secondary N) is 1. The van der Waals surface area contributed by atoms with Crippen molar-refractivity contribution in [2.45, 2.75) is 57.5 Å². The van der Waals surface area contributed by atoms with Crippen molar-refractivity contribution in [3.05, 3.63) is 18.2 Å². The highest BCUT2D eigenvalue weighted by Gasteiger charge is 2.46. The molecule has 0 radical (unpaired) electrons. The molecule has 1 aromatic heterocycles. The van der Waals surface area contributed by atoms with E-state index in [1.165, 1.54) is 6.42 Å². The summed E-state index contributed by atoms with van der Waals surface area (Å²) < 4.78 is 7.53. The van der Waals surface area contributed by atoms with Gasteiger partial charge in [-0.05, 0) is 18.8 Å². The fraction of sp³-hybridized carbons (Fsp3) is 0.789. The normalized spacial score (nSPS) is 22.7. The highest BCUT2D eigenvalue weighted by molar-refractivity contribution is 5.86. The van der Waals surface area contributed by atoms with Gasteiger partial charge in [0, 0.05) is 32.5 Å². The molecular formula is C19H32N4O2. The van der Waals surface area contributed by atoms with Crippen LogP contribution < -0.4 is 5.32 Å². The first-order valence-corrected chi connectivity index (χ1v) is 9.65. The van der Waals surface area contributed by atoms with Crippen molar-refractivity contribution >= 4 is 5.91 Å². The summed E-state index contributed by atoms with van der Waals surface area (Å²) in [7, 11) is 1.99. The first-order chi connectivity index (χ1) is 12.0. The van der Waals surface area contributed by atoms with E-state index in [0.29, 0.717) is 0 Å². The molecular weight excluding hydrogens is 316 g/mol. The highest BCUT2D eigenvalue weighted by Crippen LogP contribution is 2.35. The van der Waals surface area contributed by atoms with E-state index in [1.807, 2.05) is 17.8 Å².